The van der Waals surface area contributed by atoms with E-state index in [1.165, 1.54) is 11.1 Å². The summed E-state index contributed by atoms with van der Waals surface area (Å²) >= 11 is 0. The molecule has 4 aromatic rings. The third-order valence-electron chi connectivity index (χ3n) is 4.03. The molecular formula is C37H53BrMgO2. The van der Waals surface area contributed by atoms with E-state index in [1.54, 1.807) is 6.92 Å². The number of carbonyl (C=O) groups is 1. The van der Waals surface area contributed by atoms with E-state index in [9.17, 15) is 4.79 Å². The molecule has 1 N–H and O–H groups in total. The molecule has 0 aliphatic rings. The maximum absolute atomic E-state index is 10.6. The number of carbonyl (C=O) groups excluding carboxylic acids is 1. The van der Waals surface area contributed by atoms with Crippen LogP contribution >= 0.6 is 0 Å². The molecule has 0 radical (unpaired) electrons. The van der Waals surface area contributed by atoms with Crippen LogP contribution in [0.1, 0.15) is 83.8 Å². The molecule has 41 heavy (non-hydrogen) atoms. The smallest absolute Gasteiger partial charge is 1.00 e. The molecule has 4 rings (SSSR count). The van der Waals surface area contributed by atoms with Crippen LogP contribution in [0, 0.1) is 6.07 Å². The van der Waals surface area contributed by atoms with Crippen molar-refractivity contribution in [1.29, 1.82) is 0 Å². The normalized spacial score (nSPS) is 7.20. The molecule has 2 nitrogen and oxygen atoms in total. The van der Waals surface area contributed by atoms with Crippen LogP contribution in [0.3, 0.4) is 0 Å². The summed E-state index contributed by atoms with van der Waals surface area (Å²) in [7, 11) is 1.00. The molecule has 0 saturated heterocycles. The number of rotatable bonds is 3. The van der Waals surface area contributed by atoms with Crippen molar-refractivity contribution in [2.24, 2.45) is 0 Å². The van der Waals surface area contributed by atoms with Crippen molar-refractivity contribution in [3.05, 3.63) is 151 Å². The van der Waals surface area contributed by atoms with Crippen molar-refractivity contribution in [2.45, 2.75) is 62.3 Å². The molecule has 0 aliphatic heterocycles. The first kappa shape index (κ1) is 51.3. The van der Waals surface area contributed by atoms with Gasteiger partial charge in [-0.2, -0.15) is 36.4 Å². The van der Waals surface area contributed by atoms with Crippen LogP contribution in [0.25, 0.3) is 5.57 Å². The van der Waals surface area contributed by atoms with Gasteiger partial charge in [-0.1, -0.05) is 153 Å². The maximum atomic E-state index is 10.6. The Morgan fingerprint density at radius 2 is 0.780 bits per heavy atom. The van der Waals surface area contributed by atoms with Gasteiger partial charge in [-0.15, -0.1) is 0 Å². The standard InChI is InChI=1S/C14H12.C8H8O.C6H5.4C2H6.CH4O.BrH.Mg/c1-12(13-8-4-2-5-9-13)14-10-6-3-7-11-14;1-7(9)8-5-3-2-4-6-8;1-2-4-6-5-3-1;5*1-2;;/h2-11H,1H2;2-6H,1H3;1-5H;4*1-2H3;2H,1H3;1H;/q;;-1;;;;;;;+2/p-1. The van der Waals surface area contributed by atoms with Crippen LogP contribution in [-0.2, 0) is 0 Å². The predicted octanol–water partition coefficient (Wildman–Crippen LogP) is 7.46. The summed E-state index contributed by atoms with van der Waals surface area (Å²) in [6.45, 7) is 21.7. The average molecular weight is 634 g/mol. The van der Waals surface area contributed by atoms with Gasteiger partial charge in [-0.3, -0.25) is 4.79 Å². The van der Waals surface area contributed by atoms with Crippen LogP contribution in [-0.4, -0.2) is 41.1 Å². The van der Waals surface area contributed by atoms with Crippen LogP contribution < -0.4 is 17.0 Å². The molecule has 0 aliphatic carbocycles. The second-order valence-electron chi connectivity index (χ2n) is 6.21. The molecule has 0 unspecified atom stereocenters. The Labute approximate surface area is 279 Å². The molecule has 0 saturated carbocycles. The molecule has 0 bridgehead atoms. The zero-order valence-corrected chi connectivity index (χ0v) is 30.2. The van der Waals surface area contributed by atoms with Gasteiger partial charge in [0, 0.05) is 12.7 Å². The second-order valence-corrected chi connectivity index (χ2v) is 6.21. The van der Waals surface area contributed by atoms with Gasteiger partial charge in [0.25, 0.3) is 0 Å². The largest absolute Gasteiger partial charge is 2.00 e. The van der Waals surface area contributed by atoms with Crippen molar-refractivity contribution in [3.8, 4) is 0 Å². The summed E-state index contributed by atoms with van der Waals surface area (Å²) in [6, 6.07) is 42.2. The van der Waals surface area contributed by atoms with Gasteiger partial charge in [0.2, 0.25) is 0 Å². The summed E-state index contributed by atoms with van der Waals surface area (Å²) in [5, 5.41) is 7.00. The number of hydrogen-bond donors (Lipinski definition) is 1. The van der Waals surface area contributed by atoms with Crippen molar-refractivity contribution in [3.63, 3.8) is 0 Å². The van der Waals surface area contributed by atoms with Gasteiger partial charge < -0.3 is 22.1 Å². The third kappa shape index (κ3) is 30.3. The molecule has 0 amide bonds. The van der Waals surface area contributed by atoms with Gasteiger partial charge >= 0.3 is 23.1 Å². The fourth-order valence-electron chi connectivity index (χ4n) is 2.46. The fraction of sp³-hybridized carbons (Fsp3) is 0.270. The van der Waals surface area contributed by atoms with Crippen LogP contribution in [0.2, 0.25) is 0 Å². The summed E-state index contributed by atoms with van der Waals surface area (Å²) < 4.78 is 0. The van der Waals surface area contributed by atoms with E-state index in [-0.39, 0.29) is 45.8 Å². The Kier molecular flexibility index (Phi) is 55.6. The van der Waals surface area contributed by atoms with Crippen molar-refractivity contribution >= 4 is 34.4 Å². The van der Waals surface area contributed by atoms with Crippen LogP contribution in [0.5, 0.6) is 0 Å². The van der Waals surface area contributed by atoms with Gasteiger partial charge in [0.1, 0.15) is 0 Å². The van der Waals surface area contributed by atoms with Crippen LogP contribution in [0.4, 0.5) is 0 Å². The Morgan fingerprint density at radius 3 is 0.951 bits per heavy atom. The van der Waals surface area contributed by atoms with Gasteiger partial charge in [-0.05, 0) is 23.6 Å². The number of benzene rings is 4. The maximum Gasteiger partial charge on any atom is 2.00 e. The average Bonchev–Trinajstić information content (AvgIpc) is 3.08. The molecule has 0 fully saturated rings. The molecule has 0 aromatic heterocycles. The zero-order valence-electron chi connectivity index (χ0n) is 27.2. The minimum absolute atomic E-state index is 0. The van der Waals surface area contributed by atoms with Gasteiger partial charge in [0.05, 0.1) is 0 Å². The Bertz CT molecular complexity index is 910. The first-order valence-corrected chi connectivity index (χ1v) is 13.9. The quantitative estimate of drug-likeness (QED) is 0.145. The number of halogens is 1. The Balaban J connectivity index is -0.0000000994. The van der Waals surface area contributed by atoms with Crippen molar-refractivity contribution in [2.75, 3.05) is 7.11 Å². The molecule has 4 heteroatoms. The molecule has 0 atom stereocenters. The monoisotopic (exact) mass is 632 g/mol. The van der Waals surface area contributed by atoms with E-state index in [0.29, 0.717) is 0 Å². The van der Waals surface area contributed by atoms with Crippen LogP contribution in [0.15, 0.2) is 128 Å². The molecule has 222 valence electrons. The zero-order chi connectivity index (χ0) is 30.7. The number of ketones is 1. The number of hydrogen-bond acceptors (Lipinski definition) is 2. The summed E-state index contributed by atoms with van der Waals surface area (Å²) in [6.07, 6.45) is 0. The molecule has 0 spiro atoms. The molecule has 0 heterocycles. The number of aliphatic hydroxyl groups excluding tert-OH is 1. The van der Waals surface area contributed by atoms with Crippen molar-refractivity contribution < 1.29 is 26.9 Å². The predicted molar refractivity (Wildman–Crippen MR) is 182 cm³/mol. The van der Waals surface area contributed by atoms with E-state index in [1.807, 2.05) is 152 Å². The fourth-order valence-corrected chi connectivity index (χ4v) is 2.46. The molecule has 4 aromatic carbocycles. The summed E-state index contributed by atoms with van der Waals surface area (Å²) in [5.41, 5.74) is 4.21. The first-order chi connectivity index (χ1) is 19.2. The SMILES string of the molecule is C=C(c1ccccc1)c1ccccc1.CC.CC.CC.CC.CC(=O)c1ccccc1.CO.[Br-].[Mg+2].[c-]1ccccc1. The minimum atomic E-state index is 0. The Morgan fingerprint density at radius 1 is 0.537 bits per heavy atom. The van der Waals surface area contributed by atoms with E-state index in [0.717, 1.165) is 18.2 Å². The van der Waals surface area contributed by atoms with E-state index < -0.39 is 0 Å². The first-order valence-electron chi connectivity index (χ1n) is 13.9. The van der Waals surface area contributed by atoms with E-state index in [4.69, 9.17) is 5.11 Å². The van der Waals surface area contributed by atoms with E-state index >= 15 is 0 Å². The van der Waals surface area contributed by atoms with Crippen molar-refractivity contribution in [1.82, 2.24) is 0 Å². The van der Waals surface area contributed by atoms with Gasteiger partial charge in [-0.25, -0.2) is 0 Å². The molecular weight excluding hydrogens is 581 g/mol. The number of Topliss-reactive ketones (excluding diaryl/α,β-unsaturated/α-hetero) is 1. The summed E-state index contributed by atoms with van der Waals surface area (Å²) in [5.74, 6) is 0.121. The number of aliphatic hydroxyl groups is 1. The topological polar surface area (TPSA) is 37.3 Å². The second kappa shape index (κ2) is 44.5. The third-order valence-corrected chi connectivity index (χ3v) is 4.03. The minimum Gasteiger partial charge on any atom is -1.00 e. The Hall–Kier alpha value is -2.50. The summed E-state index contributed by atoms with van der Waals surface area (Å²) in [4.78, 5) is 10.6. The van der Waals surface area contributed by atoms with Gasteiger partial charge in [0.15, 0.2) is 5.78 Å². The van der Waals surface area contributed by atoms with E-state index in [2.05, 4.69) is 36.9 Å².